The van der Waals surface area contributed by atoms with Crippen LogP contribution in [0.25, 0.3) is 0 Å². The average molecular weight is 293 g/mol. The number of esters is 1. The molecular formula is C12H14F3NO2S. The average Bonchev–Trinajstić information content (AvgIpc) is 2.37. The Morgan fingerprint density at radius 3 is 2.74 bits per heavy atom. The lowest BCUT2D eigenvalue weighted by Crippen LogP contribution is -2.33. The van der Waals surface area contributed by atoms with Gasteiger partial charge in [0.15, 0.2) is 0 Å². The number of carbonyl (C=O) groups is 1. The van der Waals surface area contributed by atoms with Gasteiger partial charge in [-0.2, -0.15) is 24.9 Å². The molecular weight excluding hydrogens is 279 g/mol. The van der Waals surface area contributed by atoms with Gasteiger partial charge in [0, 0.05) is 11.5 Å². The molecule has 0 aliphatic rings. The molecule has 0 amide bonds. The highest BCUT2D eigenvalue weighted by molar-refractivity contribution is 7.98. The Bertz CT molecular complexity index is 437. The predicted molar refractivity (Wildman–Crippen MR) is 67.6 cm³/mol. The highest BCUT2D eigenvalue weighted by Gasteiger charge is 2.30. The molecule has 0 saturated heterocycles. The van der Waals surface area contributed by atoms with E-state index in [1.165, 1.54) is 24.9 Å². The molecule has 1 rings (SSSR count). The largest absolute Gasteiger partial charge is 0.468 e. The minimum atomic E-state index is -4.34. The minimum absolute atomic E-state index is 0.295. The smallest absolute Gasteiger partial charge is 0.416 e. The van der Waals surface area contributed by atoms with Crippen LogP contribution in [0, 0.1) is 0 Å². The standard InChI is InChI=1S/C12H14F3NO2S/c1-18-11(17)10(16)7-19-6-8-3-2-4-9(5-8)12(13,14)15/h2-5,10H,6-7,16H2,1H3. The lowest BCUT2D eigenvalue weighted by Gasteiger charge is -2.10. The predicted octanol–water partition coefficient (Wildman–Crippen LogP) is 2.44. The number of ether oxygens (including phenoxy) is 1. The normalized spacial score (nSPS) is 13.1. The monoisotopic (exact) mass is 293 g/mol. The molecule has 1 aromatic carbocycles. The summed E-state index contributed by atoms with van der Waals surface area (Å²) in [7, 11) is 1.24. The number of thioether (sulfide) groups is 1. The third-order valence-corrected chi connectivity index (χ3v) is 3.46. The van der Waals surface area contributed by atoms with Gasteiger partial charge in [-0.05, 0) is 11.6 Å². The zero-order valence-corrected chi connectivity index (χ0v) is 11.1. The Hall–Kier alpha value is -1.21. The van der Waals surface area contributed by atoms with Crippen LogP contribution in [0.5, 0.6) is 0 Å². The molecule has 1 aromatic rings. The topological polar surface area (TPSA) is 52.3 Å². The summed E-state index contributed by atoms with van der Waals surface area (Å²) >= 11 is 1.28. The van der Waals surface area contributed by atoms with Crippen LogP contribution >= 0.6 is 11.8 Å². The van der Waals surface area contributed by atoms with Crippen molar-refractivity contribution in [1.82, 2.24) is 0 Å². The Morgan fingerprint density at radius 1 is 1.47 bits per heavy atom. The molecule has 3 nitrogen and oxygen atoms in total. The van der Waals surface area contributed by atoms with Crippen molar-refractivity contribution in [3.05, 3.63) is 35.4 Å². The van der Waals surface area contributed by atoms with Crippen LogP contribution in [0.15, 0.2) is 24.3 Å². The third kappa shape index (κ3) is 5.12. The zero-order chi connectivity index (χ0) is 14.5. The van der Waals surface area contributed by atoms with E-state index >= 15 is 0 Å². The van der Waals surface area contributed by atoms with E-state index in [-0.39, 0.29) is 0 Å². The zero-order valence-electron chi connectivity index (χ0n) is 10.2. The van der Waals surface area contributed by atoms with Crippen LogP contribution in [0.3, 0.4) is 0 Å². The molecule has 0 aromatic heterocycles. The molecule has 0 aliphatic heterocycles. The van der Waals surface area contributed by atoms with Gasteiger partial charge in [0.25, 0.3) is 0 Å². The summed E-state index contributed by atoms with van der Waals surface area (Å²) in [6.45, 7) is 0. The highest BCUT2D eigenvalue weighted by Crippen LogP contribution is 2.30. The number of hydrogen-bond acceptors (Lipinski definition) is 4. The first-order chi connectivity index (χ1) is 8.84. The van der Waals surface area contributed by atoms with E-state index in [2.05, 4.69) is 4.74 Å². The second kappa shape index (κ2) is 6.81. The Kier molecular flexibility index (Phi) is 5.68. The molecule has 0 heterocycles. The van der Waals surface area contributed by atoms with Crippen molar-refractivity contribution in [1.29, 1.82) is 0 Å². The van der Waals surface area contributed by atoms with E-state index in [0.717, 1.165) is 12.1 Å². The molecule has 0 bridgehead atoms. The maximum atomic E-state index is 12.5. The minimum Gasteiger partial charge on any atom is -0.468 e. The summed E-state index contributed by atoms with van der Waals surface area (Å²) in [5.74, 6) is 0.119. The van der Waals surface area contributed by atoms with E-state index in [4.69, 9.17) is 5.73 Å². The van der Waals surface area contributed by atoms with Gasteiger partial charge in [-0.25, -0.2) is 0 Å². The van der Waals surface area contributed by atoms with Gasteiger partial charge in [-0.15, -0.1) is 0 Å². The summed E-state index contributed by atoms with van der Waals surface area (Å²) in [4.78, 5) is 11.0. The van der Waals surface area contributed by atoms with Crippen molar-refractivity contribution < 1.29 is 22.7 Å². The fraction of sp³-hybridized carbons (Fsp3) is 0.417. The molecule has 7 heteroatoms. The van der Waals surface area contributed by atoms with Crippen molar-refractivity contribution in [2.75, 3.05) is 12.9 Å². The van der Waals surface area contributed by atoms with Gasteiger partial charge in [0.1, 0.15) is 6.04 Å². The first-order valence-corrected chi connectivity index (χ1v) is 6.57. The van der Waals surface area contributed by atoms with Crippen LogP contribution in [0.2, 0.25) is 0 Å². The molecule has 106 valence electrons. The summed E-state index contributed by atoms with van der Waals surface area (Å²) in [6, 6.07) is 4.32. The number of hydrogen-bond donors (Lipinski definition) is 1. The number of halogens is 3. The fourth-order valence-electron chi connectivity index (χ4n) is 1.36. The van der Waals surface area contributed by atoms with E-state index in [9.17, 15) is 18.0 Å². The molecule has 0 saturated carbocycles. The van der Waals surface area contributed by atoms with Crippen LogP contribution in [0.1, 0.15) is 11.1 Å². The lowest BCUT2D eigenvalue weighted by atomic mass is 10.1. The SMILES string of the molecule is COC(=O)C(N)CSCc1cccc(C(F)(F)F)c1. The lowest BCUT2D eigenvalue weighted by molar-refractivity contribution is -0.141. The first-order valence-electron chi connectivity index (χ1n) is 5.42. The number of nitrogens with two attached hydrogens (primary N) is 1. The molecule has 1 unspecified atom stereocenters. The van der Waals surface area contributed by atoms with Crippen molar-refractivity contribution >= 4 is 17.7 Å². The van der Waals surface area contributed by atoms with E-state index in [1.807, 2.05) is 0 Å². The quantitative estimate of drug-likeness (QED) is 0.847. The Labute approximate surface area is 113 Å². The van der Waals surface area contributed by atoms with E-state index < -0.39 is 23.8 Å². The van der Waals surface area contributed by atoms with Crippen LogP contribution in [0.4, 0.5) is 13.2 Å². The van der Waals surface area contributed by atoms with Crippen molar-refractivity contribution in [3.8, 4) is 0 Å². The molecule has 0 fully saturated rings. The molecule has 0 radical (unpaired) electrons. The second-order valence-corrected chi connectivity index (χ2v) is 4.87. The van der Waals surface area contributed by atoms with Crippen molar-refractivity contribution in [2.24, 2.45) is 5.73 Å². The fourth-order valence-corrected chi connectivity index (χ4v) is 2.28. The maximum absolute atomic E-state index is 12.5. The Morgan fingerprint density at radius 2 is 2.16 bits per heavy atom. The maximum Gasteiger partial charge on any atom is 0.416 e. The molecule has 0 aliphatic carbocycles. The highest BCUT2D eigenvalue weighted by atomic mass is 32.2. The van der Waals surface area contributed by atoms with Crippen LogP contribution in [-0.4, -0.2) is 24.9 Å². The number of benzene rings is 1. The molecule has 19 heavy (non-hydrogen) atoms. The molecule has 2 N–H and O–H groups in total. The number of alkyl halides is 3. The number of methoxy groups -OCH3 is 1. The number of carbonyl (C=O) groups excluding carboxylic acids is 1. The summed E-state index contributed by atoms with van der Waals surface area (Å²) in [5, 5.41) is 0. The van der Waals surface area contributed by atoms with Crippen LogP contribution in [-0.2, 0) is 21.5 Å². The van der Waals surface area contributed by atoms with Gasteiger partial charge >= 0.3 is 12.1 Å². The summed E-state index contributed by atoms with van der Waals surface area (Å²) in [6.07, 6.45) is -4.34. The van der Waals surface area contributed by atoms with Gasteiger partial charge in [-0.3, -0.25) is 4.79 Å². The first kappa shape index (κ1) is 15.8. The summed E-state index contributed by atoms with van der Waals surface area (Å²) in [5.41, 5.74) is 5.38. The summed E-state index contributed by atoms with van der Waals surface area (Å²) < 4.78 is 41.9. The van der Waals surface area contributed by atoms with E-state index in [0.29, 0.717) is 17.1 Å². The van der Waals surface area contributed by atoms with Gasteiger partial charge in [0.05, 0.1) is 12.7 Å². The molecule has 0 spiro atoms. The third-order valence-electron chi connectivity index (χ3n) is 2.32. The number of rotatable bonds is 5. The second-order valence-electron chi connectivity index (χ2n) is 3.84. The Balaban J connectivity index is 2.53. The van der Waals surface area contributed by atoms with Crippen molar-refractivity contribution in [3.63, 3.8) is 0 Å². The van der Waals surface area contributed by atoms with Gasteiger partial charge < -0.3 is 10.5 Å². The van der Waals surface area contributed by atoms with Gasteiger partial charge in [0.2, 0.25) is 0 Å². The van der Waals surface area contributed by atoms with E-state index in [1.54, 1.807) is 6.07 Å². The van der Waals surface area contributed by atoms with Crippen LogP contribution < -0.4 is 5.73 Å². The van der Waals surface area contributed by atoms with Gasteiger partial charge in [-0.1, -0.05) is 18.2 Å². The van der Waals surface area contributed by atoms with Crippen molar-refractivity contribution in [2.45, 2.75) is 18.0 Å². The molecule has 1 atom stereocenters.